The molecule has 124 valence electrons. The number of hydrogen-bond acceptors (Lipinski definition) is 2. The molecule has 0 fully saturated rings. The number of nitrogens with one attached hydrogen (secondary N) is 1. The summed E-state index contributed by atoms with van der Waals surface area (Å²) in [6, 6.07) is 14.2. The highest BCUT2D eigenvalue weighted by Gasteiger charge is 2.26. The average Bonchev–Trinajstić information content (AvgIpc) is 2.59. The maximum atomic E-state index is 12.4. The third kappa shape index (κ3) is 4.32. The first kappa shape index (κ1) is 17.5. The van der Waals surface area contributed by atoms with Gasteiger partial charge in [-0.05, 0) is 41.0 Å². The number of aliphatic hydroxyl groups excluding tert-OH is 1. The van der Waals surface area contributed by atoms with E-state index in [0.29, 0.717) is 13.0 Å². The van der Waals surface area contributed by atoms with Gasteiger partial charge < -0.3 is 10.4 Å². The van der Waals surface area contributed by atoms with E-state index in [1.165, 1.54) is 0 Å². The van der Waals surface area contributed by atoms with E-state index in [4.69, 9.17) is 0 Å². The normalized spacial score (nSPS) is 11.6. The van der Waals surface area contributed by atoms with E-state index in [1.807, 2.05) is 24.3 Å². The van der Waals surface area contributed by atoms with Crippen LogP contribution >= 0.6 is 0 Å². The Bertz CT molecular complexity index is 642. The van der Waals surface area contributed by atoms with E-state index in [0.717, 1.165) is 35.6 Å². The molecule has 0 spiro atoms. The predicted molar refractivity (Wildman–Crippen MR) is 95.4 cm³/mol. The Balaban J connectivity index is 2.04. The molecule has 0 aromatic heterocycles. The lowest BCUT2D eigenvalue weighted by Crippen LogP contribution is -2.38. The summed E-state index contributed by atoms with van der Waals surface area (Å²) in [5.41, 5.74) is 1.06. The average molecular weight is 313 g/mol. The fraction of sp³-hybridized carbons (Fsp3) is 0.450. The molecule has 0 aliphatic carbocycles. The third-order valence-corrected chi connectivity index (χ3v) is 5.03. The number of rotatable bonds is 8. The van der Waals surface area contributed by atoms with Gasteiger partial charge in [-0.25, -0.2) is 0 Å². The fourth-order valence-electron chi connectivity index (χ4n) is 3.15. The maximum absolute atomic E-state index is 12.4. The first-order valence-corrected chi connectivity index (χ1v) is 8.48. The first-order valence-electron chi connectivity index (χ1n) is 8.48. The van der Waals surface area contributed by atoms with Crippen LogP contribution in [0, 0.1) is 5.41 Å². The minimum atomic E-state index is 0.00314. The SMILES string of the molecule is CCC(CC)(CCO)CNC(=O)Cc1cccc2ccccc12. The summed E-state index contributed by atoms with van der Waals surface area (Å²) in [6.45, 7) is 5.04. The van der Waals surface area contributed by atoms with Crippen molar-refractivity contribution in [1.82, 2.24) is 5.32 Å². The van der Waals surface area contributed by atoms with E-state index in [1.54, 1.807) is 0 Å². The van der Waals surface area contributed by atoms with Crippen LogP contribution in [0.1, 0.15) is 38.7 Å². The Kier molecular flexibility index (Phi) is 6.17. The van der Waals surface area contributed by atoms with Crippen LogP contribution in [0.3, 0.4) is 0 Å². The molecule has 23 heavy (non-hydrogen) atoms. The second kappa shape index (κ2) is 8.11. The second-order valence-corrected chi connectivity index (χ2v) is 6.27. The van der Waals surface area contributed by atoms with Crippen LogP contribution in [0.25, 0.3) is 10.8 Å². The lowest BCUT2D eigenvalue weighted by molar-refractivity contribution is -0.121. The van der Waals surface area contributed by atoms with Crippen molar-refractivity contribution < 1.29 is 9.90 Å². The molecule has 0 saturated carbocycles. The van der Waals surface area contributed by atoms with Gasteiger partial charge in [-0.2, -0.15) is 0 Å². The molecule has 0 aliphatic heterocycles. The standard InChI is InChI=1S/C20H27NO2/c1-3-20(4-2,12-13-22)15-21-19(23)14-17-10-7-9-16-8-5-6-11-18(16)17/h5-11,22H,3-4,12-15H2,1-2H3,(H,21,23). The van der Waals surface area contributed by atoms with Crippen molar-refractivity contribution in [2.75, 3.05) is 13.2 Å². The van der Waals surface area contributed by atoms with Gasteiger partial charge in [0.25, 0.3) is 0 Å². The van der Waals surface area contributed by atoms with Crippen LogP contribution in [0.4, 0.5) is 0 Å². The molecule has 2 rings (SSSR count). The van der Waals surface area contributed by atoms with Crippen LogP contribution < -0.4 is 5.32 Å². The molecule has 3 heteroatoms. The van der Waals surface area contributed by atoms with E-state index >= 15 is 0 Å². The zero-order valence-electron chi connectivity index (χ0n) is 14.1. The molecule has 0 saturated heterocycles. The molecule has 2 N–H and O–H groups in total. The highest BCUT2D eigenvalue weighted by Crippen LogP contribution is 2.29. The molecule has 0 aliphatic rings. The Morgan fingerprint density at radius 2 is 1.78 bits per heavy atom. The zero-order valence-corrected chi connectivity index (χ0v) is 14.1. The van der Waals surface area contributed by atoms with E-state index < -0.39 is 0 Å². The summed E-state index contributed by atoms with van der Waals surface area (Å²) in [5.74, 6) is 0.0468. The molecule has 3 nitrogen and oxygen atoms in total. The van der Waals surface area contributed by atoms with Crippen molar-refractivity contribution >= 4 is 16.7 Å². The Morgan fingerprint density at radius 3 is 2.48 bits per heavy atom. The molecule has 2 aromatic carbocycles. The minimum absolute atomic E-state index is 0.00314. The molecule has 0 bridgehead atoms. The number of aliphatic hydroxyl groups is 1. The van der Waals surface area contributed by atoms with Gasteiger partial charge in [-0.1, -0.05) is 56.3 Å². The number of carbonyl (C=O) groups is 1. The zero-order chi connectivity index (χ0) is 16.7. The molecular formula is C20H27NO2. The highest BCUT2D eigenvalue weighted by atomic mass is 16.3. The van der Waals surface area contributed by atoms with Crippen molar-refractivity contribution in [1.29, 1.82) is 0 Å². The Hall–Kier alpha value is -1.87. The van der Waals surface area contributed by atoms with Crippen molar-refractivity contribution in [2.45, 2.75) is 39.5 Å². The van der Waals surface area contributed by atoms with Crippen LogP contribution in [-0.2, 0) is 11.2 Å². The maximum Gasteiger partial charge on any atom is 0.224 e. The molecule has 0 unspecified atom stereocenters. The lowest BCUT2D eigenvalue weighted by Gasteiger charge is -2.31. The summed E-state index contributed by atoms with van der Waals surface area (Å²) >= 11 is 0. The molecular weight excluding hydrogens is 286 g/mol. The summed E-state index contributed by atoms with van der Waals surface area (Å²) < 4.78 is 0. The van der Waals surface area contributed by atoms with E-state index in [-0.39, 0.29) is 17.9 Å². The van der Waals surface area contributed by atoms with Crippen LogP contribution in [-0.4, -0.2) is 24.2 Å². The van der Waals surface area contributed by atoms with Crippen LogP contribution in [0.2, 0.25) is 0 Å². The van der Waals surface area contributed by atoms with Gasteiger partial charge in [0.05, 0.1) is 6.42 Å². The van der Waals surface area contributed by atoms with Gasteiger partial charge >= 0.3 is 0 Å². The number of hydrogen-bond donors (Lipinski definition) is 2. The van der Waals surface area contributed by atoms with Crippen molar-refractivity contribution in [3.05, 3.63) is 48.0 Å². The largest absolute Gasteiger partial charge is 0.396 e. The number of carbonyl (C=O) groups excluding carboxylic acids is 1. The highest BCUT2D eigenvalue weighted by molar-refractivity contribution is 5.90. The Morgan fingerprint density at radius 1 is 1.09 bits per heavy atom. The number of fused-ring (bicyclic) bond motifs is 1. The fourth-order valence-corrected chi connectivity index (χ4v) is 3.15. The molecule has 0 radical (unpaired) electrons. The smallest absolute Gasteiger partial charge is 0.224 e. The summed E-state index contributed by atoms with van der Waals surface area (Å²) in [5, 5.41) is 14.6. The summed E-state index contributed by atoms with van der Waals surface area (Å²) in [6.07, 6.45) is 3.04. The second-order valence-electron chi connectivity index (χ2n) is 6.27. The van der Waals surface area contributed by atoms with Gasteiger partial charge in [0, 0.05) is 13.2 Å². The van der Waals surface area contributed by atoms with Gasteiger partial charge in [-0.3, -0.25) is 4.79 Å². The van der Waals surface area contributed by atoms with Gasteiger partial charge in [0.2, 0.25) is 5.91 Å². The Labute approximate surface area is 138 Å². The molecule has 0 heterocycles. The summed E-state index contributed by atoms with van der Waals surface area (Å²) in [7, 11) is 0. The van der Waals surface area contributed by atoms with Crippen LogP contribution in [0.5, 0.6) is 0 Å². The quantitative estimate of drug-likeness (QED) is 0.781. The molecule has 2 aromatic rings. The van der Waals surface area contributed by atoms with E-state index in [9.17, 15) is 9.90 Å². The third-order valence-electron chi connectivity index (χ3n) is 5.03. The predicted octanol–water partition coefficient (Wildman–Crippen LogP) is 3.69. The monoisotopic (exact) mass is 313 g/mol. The summed E-state index contributed by atoms with van der Waals surface area (Å²) in [4.78, 5) is 12.4. The van der Waals surface area contributed by atoms with Crippen molar-refractivity contribution in [2.24, 2.45) is 5.41 Å². The number of amides is 1. The topological polar surface area (TPSA) is 49.3 Å². The van der Waals surface area contributed by atoms with Crippen molar-refractivity contribution in [3.8, 4) is 0 Å². The van der Waals surface area contributed by atoms with E-state index in [2.05, 4.69) is 37.4 Å². The van der Waals surface area contributed by atoms with Crippen molar-refractivity contribution in [3.63, 3.8) is 0 Å². The van der Waals surface area contributed by atoms with Crippen LogP contribution in [0.15, 0.2) is 42.5 Å². The molecule has 1 amide bonds. The number of benzene rings is 2. The minimum Gasteiger partial charge on any atom is -0.396 e. The molecule has 0 atom stereocenters. The first-order chi connectivity index (χ1) is 11.1. The van der Waals surface area contributed by atoms with Gasteiger partial charge in [0.1, 0.15) is 0 Å². The van der Waals surface area contributed by atoms with Gasteiger partial charge in [-0.15, -0.1) is 0 Å². The van der Waals surface area contributed by atoms with Gasteiger partial charge in [0.15, 0.2) is 0 Å². The lowest BCUT2D eigenvalue weighted by atomic mass is 9.79.